The molecule has 0 bridgehead atoms. The number of aromatic nitrogens is 1. The van der Waals surface area contributed by atoms with Gasteiger partial charge in [0.05, 0.1) is 7.11 Å². The normalized spacial score (nSPS) is 17.4. The Hall–Kier alpha value is -3.13. The first-order valence-corrected chi connectivity index (χ1v) is 7.33. The summed E-state index contributed by atoms with van der Waals surface area (Å²) in [5, 5.41) is 29.0. The second kappa shape index (κ2) is 6.06. The number of carboxylic acids is 2. The number of ether oxygens (including phenoxy) is 2. The van der Waals surface area contributed by atoms with Crippen LogP contribution in [0, 0.1) is 0 Å². The molecule has 3 N–H and O–H groups in total. The van der Waals surface area contributed by atoms with E-state index in [2.05, 4.69) is 4.98 Å². The van der Waals surface area contributed by atoms with Gasteiger partial charge in [0.25, 0.3) is 0 Å². The molecule has 1 aromatic heterocycles. The summed E-state index contributed by atoms with van der Waals surface area (Å²) in [4.78, 5) is 27.0. The van der Waals surface area contributed by atoms with Gasteiger partial charge in [0.2, 0.25) is 0 Å². The third kappa shape index (κ3) is 2.56. The van der Waals surface area contributed by atoms with Gasteiger partial charge in [-0.05, 0) is 35.7 Å². The van der Waals surface area contributed by atoms with Crippen LogP contribution >= 0.6 is 0 Å². The number of carboxylic acid groups (broad SMARTS) is 2. The molecule has 2 heterocycles. The largest absolute Gasteiger partial charge is 0.493 e. The van der Waals surface area contributed by atoms with Crippen LogP contribution in [0.4, 0.5) is 0 Å². The van der Waals surface area contributed by atoms with Gasteiger partial charge in [0, 0.05) is 18.0 Å². The third-order valence-corrected chi connectivity index (χ3v) is 4.07. The molecule has 0 aliphatic carbocycles. The van der Waals surface area contributed by atoms with Gasteiger partial charge in [-0.15, -0.1) is 0 Å². The first kappa shape index (κ1) is 16.7. The first-order valence-electron chi connectivity index (χ1n) is 7.33. The maximum absolute atomic E-state index is 11.5. The molecular weight excluding hydrogens is 330 g/mol. The lowest BCUT2D eigenvalue weighted by atomic mass is 9.92. The number of benzene rings is 1. The molecule has 2 aromatic rings. The molecule has 0 amide bonds. The summed E-state index contributed by atoms with van der Waals surface area (Å²) in [5.74, 6) is -3.52. The second-order valence-corrected chi connectivity index (χ2v) is 5.61. The topological polar surface area (TPSA) is 126 Å². The fourth-order valence-corrected chi connectivity index (χ4v) is 2.84. The van der Waals surface area contributed by atoms with Gasteiger partial charge >= 0.3 is 17.5 Å². The molecule has 3 rings (SSSR count). The lowest BCUT2D eigenvalue weighted by Gasteiger charge is -2.22. The summed E-state index contributed by atoms with van der Waals surface area (Å²) in [6.45, 7) is 0. The van der Waals surface area contributed by atoms with E-state index in [4.69, 9.17) is 9.47 Å². The number of aliphatic carboxylic acids is 2. The number of carbonyl (C=O) groups is 2. The number of rotatable bonds is 5. The summed E-state index contributed by atoms with van der Waals surface area (Å²) in [6.07, 6.45) is 1.88. The van der Waals surface area contributed by atoms with Crippen molar-refractivity contribution in [2.75, 3.05) is 7.11 Å². The van der Waals surface area contributed by atoms with Crippen molar-refractivity contribution in [2.24, 2.45) is 0 Å². The number of hydrogen-bond acceptors (Lipinski definition) is 6. The number of hydrogen-bond donors (Lipinski definition) is 3. The van der Waals surface area contributed by atoms with E-state index in [0.717, 1.165) is 5.56 Å². The molecule has 1 aliphatic rings. The highest BCUT2D eigenvalue weighted by Gasteiger charge is 2.62. The maximum atomic E-state index is 11.5. The number of fused-ring (bicyclic) bond motifs is 1. The molecule has 1 aromatic carbocycles. The minimum atomic E-state index is -2.80. The lowest BCUT2D eigenvalue weighted by Crippen LogP contribution is -2.53. The second-order valence-electron chi connectivity index (χ2n) is 5.61. The van der Waals surface area contributed by atoms with Crippen LogP contribution in [-0.2, 0) is 16.0 Å². The van der Waals surface area contributed by atoms with Crippen molar-refractivity contribution >= 4 is 11.9 Å². The van der Waals surface area contributed by atoms with Crippen LogP contribution in [0.1, 0.15) is 22.8 Å². The average molecular weight is 345 g/mol. The molecule has 1 unspecified atom stereocenters. The van der Waals surface area contributed by atoms with Gasteiger partial charge in [-0.1, -0.05) is 6.07 Å². The zero-order valence-electron chi connectivity index (χ0n) is 13.2. The van der Waals surface area contributed by atoms with Gasteiger partial charge in [-0.3, -0.25) is 4.98 Å². The number of pyridine rings is 1. The van der Waals surface area contributed by atoms with Gasteiger partial charge in [0.1, 0.15) is 6.10 Å². The van der Waals surface area contributed by atoms with Crippen LogP contribution in [0.3, 0.4) is 0 Å². The summed E-state index contributed by atoms with van der Waals surface area (Å²) >= 11 is 0. The van der Waals surface area contributed by atoms with Gasteiger partial charge in [-0.25, -0.2) is 9.59 Å². The van der Waals surface area contributed by atoms with Gasteiger partial charge in [-0.2, -0.15) is 0 Å². The van der Waals surface area contributed by atoms with E-state index >= 15 is 0 Å². The van der Waals surface area contributed by atoms with Crippen LogP contribution < -0.4 is 9.47 Å². The lowest BCUT2D eigenvalue weighted by molar-refractivity contribution is -0.180. The van der Waals surface area contributed by atoms with E-state index in [1.54, 1.807) is 24.5 Å². The molecule has 0 saturated carbocycles. The van der Waals surface area contributed by atoms with E-state index in [1.807, 2.05) is 6.07 Å². The van der Waals surface area contributed by atoms with Crippen LogP contribution in [0.2, 0.25) is 0 Å². The molecule has 0 saturated heterocycles. The Bertz CT molecular complexity index is 820. The van der Waals surface area contributed by atoms with Crippen molar-refractivity contribution in [3.05, 3.63) is 53.3 Å². The van der Waals surface area contributed by atoms with Crippen LogP contribution in [0.5, 0.6) is 11.5 Å². The molecule has 1 aliphatic heterocycles. The molecule has 1 atom stereocenters. The Morgan fingerprint density at radius 3 is 2.56 bits per heavy atom. The predicted molar refractivity (Wildman–Crippen MR) is 83.6 cm³/mol. The SMILES string of the molecule is COc1cc(Cc2cccnc2)cc2c1OC(C(=O)O)(C(=O)O)C2O. The fraction of sp³-hybridized carbons (Fsp3) is 0.235. The summed E-state index contributed by atoms with van der Waals surface area (Å²) in [5.41, 5.74) is -1.16. The molecule has 8 heteroatoms. The molecule has 0 radical (unpaired) electrons. The zero-order valence-corrected chi connectivity index (χ0v) is 13.2. The van der Waals surface area contributed by atoms with Crippen molar-refractivity contribution < 1.29 is 34.4 Å². The number of nitrogens with zero attached hydrogens (tertiary/aromatic N) is 1. The Labute approximate surface area is 142 Å². The zero-order chi connectivity index (χ0) is 18.2. The van der Waals surface area contributed by atoms with Gasteiger partial charge in [0.15, 0.2) is 11.5 Å². The van der Waals surface area contributed by atoms with Crippen molar-refractivity contribution in [3.8, 4) is 11.5 Å². The minimum absolute atomic E-state index is 0.0584. The van der Waals surface area contributed by atoms with Crippen molar-refractivity contribution in [3.63, 3.8) is 0 Å². The number of aliphatic hydroxyl groups is 1. The quantitative estimate of drug-likeness (QED) is 0.686. The number of methoxy groups -OCH3 is 1. The number of aliphatic hydroxyl groups excluding tert-OH is 1. The molecule has 25 heavy (non-hydrogen) atoms. The smallest absolute Gasteiger partial charge is 0.363 e. The van der Waals surface area contributed by atoms with Crippen LogP contribution in [0.25, 0.3) is 0 Å². The van der Waals surface area contributed by atoms with E-state index in [1.165, 1.54) is 13.2 Å². The third-order valence-electron chi connectivity index (χ3n) is 4.07. The minimum Gasteiger partial charge on any atom is -0.493 e. The first-order chi connectivity index (χ1) is 11.9. The highest BCUT2D eigenvalue weighted by molar-refractivity contribution is 6.04. The summed E-state index contributed by atoms with van der Waals surface area (Å²) in [7, 11) is 1.35. The average Bonchev–Trinajstić information content (AvgIpc) is 2.89. The van der Waals surface area contributed by atoms with Gasteiger partial charge < -0.3 is 24.8 Å². The molecular formula is C17H15NO7. The Morgan fingerprint density at radius 2 is 2.00 bits per heavy atom. The predicted octanol–water partition coefficient (Wildman–Crippen LogP) is 1.01. The van der Waals surface area contributed by atoms with Crippen LogP contribution in [-0.4, -0.2) is 45.0 Å². The highest BCUT2D eigenvalue weighted by Crippen LogP contribution is 2.49. The van der Waals surface area contributed by atoms with Crippen molar-refractivity contribution in [1.29, 1.82) is 0 Å². The Kier molecular flexibility index (Phi) is 4.05. The monoisotopic (exact) mass is 345 g/mol. The van der Waals surface area contributed by atoms with Crippen LogP contribution in [0.15, 0.2) is 36.7 Å². The fourth-order valence-electron chi connectivity index (χ4n) is 2.84. The molecule has 130 valence electrons. The Balaban J connectivity index is 2.08. The summed E-state index contributed by atoms with van der Waals surface area (Å²) < 4.78 is 10.4. The van der Waals surface area contributed by atoms with E-state index in [-0.39, 0.29) is 17.1 Å². The van der Waals surface area contributed by atoms with Crippen molar-refractivity contribution in [2.45, 2.75) is 18.1 Å². The maximum Gasteiger partial charge on any atom is 0.363 e. The highest BCUT2D eigenvalue weighted by atomic mass is 16.6. The van der Waals surface area contributed by atoms with E-state index in [9.17, 15) is 24.9 Å². The van der Waals surface area contributed by atoms with E-state index < -0.39 is 23.6 Å². The molecule has 0 spiro atoms. The molecule has 8 nitrogen and oxygen atoms in total. The molecule has 0 fully saturated rings. The Morgan fingerprint density at radius 1 is 1.28 bits per heavy atom. The standard InChI is InChI=1S/C17H15NO7/c1-24-12-7-10(5-9-3-2-4-18-8-9)6-11-13(12)25-17(14(11)19,15(20)21)16(22)23/h2-4,6-8,14,19H,5H2,1H3,(H,20,21)(H,22,23). The van der Waals surface area contributed by atoms with E-state index in [0.29, 0.717) is 12.0 Å². The van der Waals surface area contributed by atoms with Crippen molar-refractivity contribution in [1.82, 2.24) is 4.98 Å². The summed E-state index contributed by atoms with van der Waals surface area (Å²) in [6, 6.07) is 6.76.